The Balaban J connectivity index is 4.15. The van der Waals surface area contributed by atoms with Crippen molar-refractivity contribution in [3.8, 4) is 0 Å². The number of nitrogens with two attached hydrogens (primary N) is 1. The van der Waals surface area contributed by atoms with Crippen LogP contribution in [-0.2, 0) is 14.4 Å². The van der Waals surface area contributed by atoms with E-state index in [1.165, 1.54) is 0 Å². The van der Waals surface area contributed by atoms with Crippen LogP contribution in [0.25, 0.3) is 0 Å². The molecular weight excluding hydrogens is 234 g/mol. The lowest BCUT2D eigenvalue weighted by atomic mass is 10.1. The van der Waals surface area contributed by atoms with Crippen LogP contribution in [-0.4, -0.2) is 46.7 Å². The normalized spacial score (nSPS) is 11.3. The smallest absolute Gasteiger partial charge is 0.326 e. The van der Waals surface area contributed by atoms with E-state index >= 15 is 0 Å². The number of amides is 3. The number of rotatable bonds is 7. The Labute approximate surface area is 96.0 Å². The van der Waals surface area contributed by atoms with Crippen molar-refractivity contribution < 1.29 is 29.4 Å². The summed E-state index contributed by atoms with van der Waals surface area (Å²) < 4.78 is 0. The first-order valence-corrected chi connectivity index (χ1v) is 4.60. The number of hydrogen-bond acceptors (Lipinski definition) is 4. The van der Waals surface area contributed by atoms with Gasteiger partial charge in [0.25, 0.3) is 0 Å². The minimum Gasteiger partial charge on any atom is -0.481 e. The Bertz CT molecular complexity index is 329. The molecule has 3 amide bonds. The van der Waals surface area contributed by atoms with Crippen molar-refractivity contribution in [3.05, 3.63) is 0 Å². The molecule has 0 spiro atoms. The first kappa shape index (κ1) is 14.7. The third kappa shape index (κ3) is 7.59. The average Bonchev–Trinajstić information content (AvgIpc) is 2.20. The molecule has 0 bridgehead atoms. The quantitative estimate of drug-likeness (QED) is 0.353. The number of primary amides is 1. The summed E-state index contributed by atoms with van der Waals surface area (Å²) in [5.74, 6) is -3.31. The molecule has 1 atom stereocenters. The molecule has 17 heavy (non-hydrogen) atoms. The van der Waals surface area contributed by atoms with Gasteiger partial charge < -0.3 is 26.6 Å². The fourth-order valence-corrected chi connectivity index (χ4v) is 0.902. The summed E-state index contributed by atoms with van der Waals surface area (Å²) in [4.78, 5) is 42.3. The molecule has 0 aromatic rings. The largest absolute Gasteiger partial charge is 0.481 e. The van der Waals surface area contributed by atoms with Crippen molar-refractivity contribution in [2.24, 2.45) is 5.73 Å². The van der Waals surface area contributed by atoms with Gasteiger partial charge in [0, 0.05) is 6.42 Å². The second-order valence-corrected chi connectivity index (χ2v) is 3.12. The summed E-state index contributed by atoms with van der Waals surface area (Å²) in [5.41, 5.74) is 4.75. The third-order valence-electron chi connectivity index (χ3n) is 1.67. The van der Waals surface area contributed by atoms with Crippen molar-refractivity contribution in [2.75, 3.05) is 6.54 Å². The van der Waals surface area contributed by atoms with Crippen molar-refractivity contribution >= 4 is 23.9 Å². The maximum Gasteiger partial charge on any atom is 0.326 e. The van der Waals surface area contributed by atoms with Crippen LogP contribution >= 0.6 is 0 Å². The number of hydrogen-bond donors (Lipinski definition) is 5. The molecule has 0 aromatic carbocycles. The molecule has 0 saturated carbocycles. The Morgan fingerprint density at radius 2 is 1.76 bits per heavy atom. The highest BCUT2D eigenvalue weighted by Crippen LogP contribution is 1.97. The Hall–Kier alpha value is -2.32. The van der Waals surface area contributed by atoms with Gasteiger partial charge in [0.2, 0.25) is 5.91 Å². The van der Waals surface area contributed by atoms with E-state index < -0.39 is 42.9 Å². The maximum absolute atomic E-state index is 11.1. The van der Waals surface area contributed by atoms with E-state index in [4.69, 9.17) is 15.9 Å². The van der Waals surface area contributed by atoms with E-state index in [2.05, 4.69) is 0 Å². The highest BCUT2D eigenvalue weighted by atomic mass is 16.4. The Morgan fingerprint density at radius 1 is 1.18 bits per heavy atom. The monoisotopic (exact) mass is 247 g/mol. The number of aliphatic carboxylic acids is 2. The molecule has 0 aliphatic heterocycles. The van der Waals surface area contributed by atoms with Crippen LogP contribution in [0.2, 0.25) is 0 Å². The molecule has 0 saturated heterocycles. The molecule has 0 aliphatic carbocycles. The van der Waals surface area contributed by atoms with Crippen LogP contribution in [0, 0.1) is 0 Å². The van der Waals surface area contributed by atoms with Crippen LogP contribution < -0.4 is 16.4 Å². The van der Waals surface area contributed by atoms with Gasteiger partial charge >= 0.3 is 18.0 Å². The van der Waals surface area contributed by atoms with Crippen molar-refractivity contribution in [3.63, 3.8) is 0 Å². The van der Waals surface area contributed by atoms with Gasteiger partial charge in [-0.3, -0.25) is 9.59 Å². The zero-order chi connectivity index (χ0) is 13.4. The van der Waals surface area contributed by atoms with E-state index in [9.17, 15) is 19.2 Å². The average molecular weight is 247 g/mol. The maximum atomic E-state index is 11.1. The van der Waals surface area contributed by atoms with E-state index in [1.54, 1.807) is 0 Å². The minimum atomic E-state index is -1.36. The predicted octanol–water partition coefficient (Wildman–Crippen LogP) is -1.91. The summed E-state index contributed by atoms with van der Waals surface area (Å²) in [7, 11) is 0. The number of carbonyl (C=O) groups excluding carboxylic acids is 2. The van der Waals surface area contributed by atoms with Gasteiger partial charge in [-0.1, -0.05) is 0 Å². The molecule has 0 radical (unpaired) electrons. The second kappa shape index (κ2) is 7.04. The highest BCUT2D eigenvalue weighted by Gasteiger charge is 2.20. The molecule has 96 valence electrons. The fraction of sp³-hybridized carbons (Fsp3) is 0.500. The summed E-state index contributed by atoms with van der Waals surface area (Å²) in [6.07, 6.45) is -0.651. The van der Waals surface area contributed by atoms with Crippen molar-refractivity contribution in [1.82, 2.24) is 10.6 Å². The molecule has 6 N–H and O–H groups in total. The first-order valence-electron chi connectivity index (χ1n) is 4.60. The summed E-state index contributed by atoms with van der Waals surface area (Å²) in [6.45, 7) is -0.433. The third-order valence-corrected chi connectivity index (χ3v) is 1.67. The number of carbonyl (C=O) groups is 4. The molecule has 1 unspecified atom stereocenters. The van der Waals surface area contributed by atoms with Gasteiger partial charge in [0.1, 0.15) is 6.04 Å². The number of carboxylic acid groups (broad SMARTS) is 2. The minimum absolute atomic E-state index is 0.255. The number of carboxylic acids is 2. The molecular formula is C8H13N3O6. The predicted molar refractivity (Wildman–Crippen MR) is 54.0 cm³/mol. The number of urea groups is 1. The van der Waals surface area contributed by atoms with Gasteiger partial charge in [-0.2, -0.15) is 0 Å². The lowest BCUT2D eigenvalue weighted by molar-refractivity contribution is -0.140. The molecule has 9 heteroatoms. The Morgan fingerprint density at radius 3 is 2.18 bits per heavy atom. The topological polar surface area (TPSA) is 159 Å². The molecule has 0 aliphatic rings. The van der Waals surface area contributed by atoms with Gasteiger partial charge in [-0.15, -0.1) is 0 Å². The van der Waals surface area contributed by atoms with Crippen molar-refractivity contribution in [2.45, 2.75) is 18.9 Å². The molecule has 0 fully saturated rings. The van der Waals surface area contributed by atoms with Gasteiger partial charge in [0.05, 0.1) is 6.54 Å². The highest BCUT2D eigenvalue weighted by molar-refractivity contribution is 5.86. The van der Waals surface area contributed by atoms with Gasteiger partial charge in [-0.05, 0) is 6.42 Å². The fourth-order valence-electron chi connectivity index (χ4n) is 0.902. The lowest BCUT2D eigenvalue weighted by Crippen LogP contribution is -2.48. The number of nitrogens with one attached hydrogen (secondary N) is 2. The van der Waals surface area contributed by atoms with E-state index in [1.807, 2.05) is 10.6 Å². The standard InChI is InChI=1S/C8H13N3O6/c9-5(12)3-10-8(17)11-4(7(15)16)1-2-6(13)14/h4H,1-3H2,(H2,9,12)(H,13,14)(H,15,16)(H2,10,11,17). The van der Waals surface area contributed by atoms with Gasteiger partial charge in [-0.25, -0.2) is 9.59 Å². The zero-order valence-corrected chi connectivity index (χ0v) is 8.80. The van der Waals surface area contributed by atoms with Crippen LogP contribution in [0.5, 0.6) is 0 Å². The molecule has 0 aromatic heterocycles. The molecule has 0 heterocycles. The molecule has 0 rings (SSSR count). The summed E-state index contributed by atoms with van der Waals surface area (Å²) in [6, 6.07) is -2.24. The van der Waals surface area contributed by atoms with E-state index in [0.29, 0.717) is 0 Å². The van der Waals surface area contributed by atoms with Gasteiger partial charge in [0.15, 0.2) is 0 Å². The Kier molecular flexibility index (Phi) is 6.08. The summed E-state index contributed by atoms with van der Waals surface area (Å²) >= 11 is 0. The second-order valence-electron chi connectivity index (χ2n) is 3.12. The van der Waals surface area contributed by atoms with E-state index in [-0.39, 0.29) is 6.42 Å². The van der Waals surface area contributed by atoms with E-state index in [0.717, 1.165) is 0 Å². The van der Waals surface area contributed by atoms with Crippen LogP contribution in [0.1, 0.15) is 12.8 Å². The zero-order valence-electron chi connectivity index (χ0n) is 8.80. The first-order chi connectivity index (χ1) is 7.82. The lowest BCUT2D eigenvalue weighted by Gasteiger charge is -2.13. The van der Waals surface area contributed by atoms with Crippen LogP contribution in [0.3, 0.4) is 0 Å². The van der Waals surface area contributed by atoms with Crippen LogP contribution in [0.4, 0.5) is 4.79 Å². The SMILES string of the molecule is NC(=O)CNC(=O)NC(CCC(=O)O)C(=O)O. The molecule has 9 nitrogen and oxygen atoms in total. The van der Waals surface area contributed by atoms with Crippen molar-refractivity contribution in [1.29, 1.82) is 0 Å². The van der Waals surface area contributed by atoms with Crippen LogP contribution in [0.15, 0.2) is 0 Å². The summed E-state index contributed by atoms with van der Waals surface area (Å²) in [5, 5.41) is 21.1.